The number of carbonyl (C=O) groups is 2. The summed E-state index contributed by atoms with van der Waals surface area (Å²) in [7, 11) is 0. The Bertz CT molecular complexity index is 1120. The average Bonchev–Trinajstić information content (AvgIpc) is 2.59. The molecular formula is C16H6N2O6. The van der Waals surface area contributed by atoms with Crippen molar-refractivity contribution in [1.82, 2.24) is 10.2 Å². The van der Waals surface area contributed by atoms with Gasteiger partial charge < -0.3 is 9.15 Å². The number of ether oxygens (including phenoxy) is 1. The highest BCUT2D eigenvalue weighted by Gasteiger charge is 2.22. The zero-order chi connectivity index (χ0) is 16.8. The summed E-state index contributed by atoms with van der Waals surface area (Å²) >= 11 is 0. The first-order chi connectivity index (χ1) is 11.5. The van der Waals surface area contributed by atoms with Gasteiger partial charge in [-0.25, -0.2) is 19.2 Å². The van der Waals surface area contributed by atoms with Crippen molar-refractivity contribution in [3.63, 3.8) is 0 Å². The van der Waals surface area contributed by atoms with Crippen LogP contribution in [0.15, 0.2) is 50.4 Å². The van der Waals surface area contributed by atoms with E-state index in [1.807, 2.05) is 0 Å². The lowest BCUT2D eigenvalue weighted by Gasteiger charge is -2.05. The molecule has 0 amide bonds. The number of aromatic nitrogens is 2. The Hall–Kier alpha value is -3.68. The lowest BCUT2D eigenvalue weighted by Crippen LogP contribution is -2.19. The van der Waals surface area contributed by atoms with Crippen LogP contribution in [0.4, 0.5) is 0 Å². The van der Waals surface area contributed by atoms with Crippen LogP contribution in [0.2, 0.25) is 0 Å². The largest absolute Gasteiger partial charge is 0.386 e. The highest BCUT2D eigenvalue weighted by Crippen LogP contribution is 2.16. The summed E-state index contributed by atoms with van der Waals surface area (Å²) in [6.45, 7) is 0. The third-order valence-corrected chi connectivity index (χ3v) is 3.54. The van der Waals surface area contributed by atoms with Crippen LogP contribution >= 0.6 is 0 Å². The van der Waals surface area contributed by atoms with Crippen LogP contribution in [0.5, 0.6) is 0 Å². The van der Waals surface area contributed by atoms with E-state index in [9.17, 15) is 19.2 Å². The lowest BCUT2D eigenvalue weighted by atomic mass is 10.1. The molecular weight excluding hydrogens is 316 g/mol. The maximum atomic E-state index is 12.2. The fraction of sp³-hybridized carbons (Fsp3) is 0. The van der Waals surface area contributed by atoms with Crippen LogP contribution < -0.4 is 11.3 Å². The smallest absolute Gasteiger partial charge is 0.346 e. The summed E-state index contributed by atoms with van der Waals surface area (Å²) in [5.41, 5.74) is -1.97. The molecule has 0 atom stereocenters. The fourth-order valence-electron chi connectivity index (χ4n) is 2.39. The van der Waals surface area contributed by atoms with E-state index in [4.69, 9.17) is 9.15 Å². The van der Waals surface area contributed by atoms with Crippen molar-refractivity contribution in [1.29, 1.82) is 0 Å². The van der Waals surface area contributed by atoms with Crippen molar-refractivity contribution >= 4 is 33.7 Å². The van der Waals surface area contributed by atoms with E-state index in [1.165, 1.54) is 36.4 Å². The molecule has 4 bridgehead atoms. The van der Waals surface area contributed by atoms with Gasteiger partial charge in [0.15, 0.2) is 0 Å². The van der Waals surface area contributed by atoms with Gasteiger partial charge >= 0.3 is 23.2 Å². The highest BCUT2D eigenvalue weighted by atomic mass is 16.6. The number of cyclic esters (lactones) is 2. The van der Waals surface area contributed by atoms with Crippen LogP contribution in [0.3, 0.4) is 0 Å². The molecule has 3 aromatic rings. The summed E-state index contributed by atoms with van der Waals surface area (Å²) < 4.78 is 9.57. The number of fused-ring (bicyclic) bond motifs is 4. The van der Waals surface area contributed by atoms with Gasteiger partial charge in [-0.2, -0.15) is 10.2 Å². The summed E-state index contributed by atoms with van der Waals surface area (Å²) in [5.74, 6) is -2.06. The molecule has 8 nitrogen and oxygen atoms in total. The van der Waals surface area contributed by atoms with E-state index >= 15 is 0 Å². The standard InChI is InChI=1S/C16H6N2O6/c19-13-9-3-1-7-5-11(9)15(21)24-16(22)12-6-8(18-17-7)2-4-10(12)14(20)23-13/h1-6H. The molecule has 1 aromatic heterocycles. The number of hydrogen-bond acceptors (Lipinski definition) is 8. The molecule has 0 saturated heterocycles. The summed E-state index contributed by atoms with van der Waals surface area (Å²) in [5, 5.41) is 7.42. The fourth-order valence-corrected chi connectivity index (χ4v) is 2.39. The second kappa shape index (κ2) is 4.92. The number of esters is 2. The van der Waals surface area contributed by atoms with Crippen LogP contribution in [-0.2, 0) is 4.74 Å². The van der Waals surface area contributed by atoms with Crippen molar-refractivity contribution < 1.29 is 18.7 Å². The molecule has 1 aliphatic heterocycles. The van der Waals surface area contributed by atoms with Gasteiger partial charge in [0.2, 0.25) is 0 Å². The van der Waals surface area contributed by atoms with Crippen molar-refractivity contribution in [3.8, 4) is 0 Å². The van der Waals surface area contributed by atoms with Gasteiger partial charge in [-0.1, -0.05) is 0 Å². The van der Waals surface area contributed by atoms with Gasteiger partial charge in [0.05, 0.1) is 32.9 Å². The van der Waals surface area contributed by atoms with Gasteiger partial charge in [-0.05, 0) is 36.4 Å². The normalized spacial score (nSPS) is 13.0. The van der Waals surface area contributed by atoms with E-state index in [2.05, 4.69) is 10.2 Å². The Labute approximate surface area is 132 Å². The molecule has 2 heterocycles. The molecule has 0 fully saturated rings. The first-order valence-corrected chi connectivity index (χ1v) is 6.76. The van der Waals surface area contributed by atoms with Gasteiger partial charge in [0.25, 0.3) is 0 Å². The molecule has 2 aromatic carbocycles. The van der Waals surface area contributed by atoms with Gasteiger partial charge in [0.1, 0.15) is 0 Å². The number of rotatable bonds is 0. The second-order valence-electron chi connectivity index (χ2n) is 5.01. The molecule has 0 N–H and O–H groups in total. The molecule has 0 unspecified atom stereocenters. The SMILES string of the molecule is O=C1OC(=O)c2ccc3cc2c(=O)oc(=O)c2cc(ccc21)nn3. The van der Waals surface area contributed by atoms with Crippen LogP contribution in [-0.4, -0.2) is 22.1 Å². The zero-order valence-corrected chi connectivity index (χ0v) is 11.8. The van der Waals surface area contributed by atoms with E-state index in [-0.39, 0.29) is 32.9 Å². The number of benzene rings is 2. The van der Waals surface area contributed by atoms with Gasteiger partial charge in [-0.3, -0.25) is 0 Å². The van der Waals surface area contributed by atoms with Crippen LogP contribution in [0.1, 0.15) is 20.7 Å². The van der Waals surface area contributed by atoms with E-state index < -0.39 is 23.2 Å². The monoisotopic (exact) mass is 322 g/mol. The lowest BCUT2D eigenvalue weighted by molar-refractivity contribution is 0.0400. The second-order valence-corrected chi connectivity index (χ2v) is 5.01. The van der Waals surface area contributed by atoms with E-state index in [1.54, 1.807) is 0 Å². The molecule has 0 radical (unpaired) electrons. The minimum atomic E-state index is -1.04. The number of carbonyl (C=O) groups excluding carboxylic acids is 2. The van der Waals surface area contributed by atoms with Crippen molar-refractivity contribution in [2.75, 3.05) is 0 Å². The Kier molecular flexibility index (Phi) is 2.86. The highest BCUT2D eigenvalue weighted by molar-refractivity contribution is 6.09. The molecule has 1 aliphatic rings. The molecule has 116 valence electrons. The minimum Gasteiger partial charge on any atom is -0.386 e. The van der Waals surface area contributed by atoms with Gasteiger partial charge in [-0.15, -0.1) is 0 Å². The minimum absolute atomic E-state index is 0.210. The molecule has 0 saturated carbocycles. The average molecular weight is 322 g/mol. The molecule has 0 aliphatic carbocycles. The van der Waals surface area contributed by atoms with E-state index in [0.29, 0.717) is 0 Å². The maximum Gasteiger partial charge on any atom is 0.346 e. The first-order valence-electron chi connectivity index (χ1n) is 6.76. The topological polar surface area (TPSA) is 116 Å². The molecule has 4 rings (SSSR count). The van der Waals surface area contributed by atoms with Crippen molar-refractivity contribution in [3.05, 3.63) is 68.4 Å². The third-order valence-electron chi connectivity index (χ3n) is 3.54. The van der Waals surface area contributed by atoms with Crippen LogP contribution in [0, 0.1) is 0 Å². The van der Waals surface area contributed by atoms with Crippen molar-refractivity contribution in [2.45, 2.75) is 0 Å². The Balaban J connectivity index is 2.40. The molecule has 8 heteroatoms. The van der Waals surface area contributed by atoms with Gasteiger partial charge in [0, 0.05) is 0 Å². The van der Waals surface area contributed by atoms with Crippen molar-refractivity contribution in [2.24, 2.45) is 0 Å². The number of hydrogen-bond donors (Lipinski definition) is 0. The third kappa shape index (κ3) is 2.09. The quantitative estimate of drug-likeness (QED) is 0.444. The predicted octanol–water partition coefficient (Wildman–Crippen LogP) is 0.969. The zero-order valence-electron chi connectivity index (χ0n) is 11.8. The number of nitrogens with zero attached hydrogens (tertiary/aromatic N) is 2. The van der Waals surface area contributed by atoms with Crippen LogP contribution in [0.25, 0.3) is 21.8 Å². The Morgan fingerprint density at radius 1 is 0.667 bits per heavy atom. The summed E-state index contributed by atoms with van der Waals surface area (Å²) in [6.07, 6.45) is 0. The van der Waals surface area contributed by atoms with E-state index in [0.717, 1.165) is 0 Å². The Morgan fingerprint density at radius 2 is 1.12 bits per heavy atom. The summed E-state index contributed by atoms with van der Waals surface area (Å²) in [4.78, 5) is 48.9. The first kappa shape index (κ1) is 13.9. The molecule has 0 spiro atoms. The maximum absolute atomic E-state index is 12.2. The molecule has 24 heavy (non-hydrogen) atoms. The Morgan fingerprint density at radius 3 is 1.58 bits per heavy atom. The predicted molar refractivity (Wildman–Crippen MR) is 80.4 cm³/mol. The summed E-state index contributed by atoms with van der Waals surface area (Å²) in [6, 6.07) is 7.82.